The van der Waals surface area contributed by atoms with Gasteiger partial charge in [-0.3, -0.25) is 0 Å². The van der Waals surface area contributed by atoms with Crippen LogP contribution < -0.4 is 5.32 Å². The summed E-state index contributed by atoms with van der Waals surface area (Å²) in [6.07, 6.45) is -3.30. The number of hydrogen-bond donors (Lipinski definition) is 2. The number of hydrogen-bond acceptors (Lipinski definition) is 3. The summed E-state index contributed by atoms with van der Waals surface area (Å²) in [5.41, 5.74) is -1.09. The minimum Gasteiger partial charge on any atom is -0.478 e. The van der Waals surface area contributed by atoms with Gasteiger partial charge in [-0.1, -0.05) is 12.1 Å². The lowest BCUT2D eigenvalue weighted by atomic mass is 10.1. The first-order chi connectivity index (χ1) is 9.38. The molecule has 0 aliphatic rings. The van der Waals surface area contributed by atoms with Gasteiger partial charge in [0.1, 0.15) is 5.82 Å². The zero-order chi connectivity index (χ0) is 14.8. The normalized spacial score (nSPS) is 11.2. The molecule has 0 fully saturated rings. The molecule has 2 rings (SSSR count). The van der Waals surface area contributed by atoms with Gasteiger partial charge in [-0.15, -0.1) is 0 Å². The van der Waals surface area contributed by atoms with E-state index in [4.69, 9.17) is 5.11 Å². The van der Waals surface area contributed by atoms with Gasteiger partial charge in [0.25, 0.3) is 0 Å². The van der Waals surface area contributed by atoms with E-state index in [1.807, 2.05) is 0 Å². The van der Waals surface area contributed by atoms with Crippen molar-refractivity contribution in [3.8, 4) is 0 Å². The van der Waals surface area contributed by atoms with E-state index < -0.39 is 17.7 Å². The Bertz CT molecular complexity index is 642. The Kier molecular flexibility index (Phi) is 3.60. The van der Waals surface area contributed by atoms with Gasteiger partial charge in [-0.25, -0.2) is 9.78 Å². The van der Waals surface area contributed by atoms with Gasteiger partial charge in [0, 0.05) is 6.20 Å². The van der Waals surface area contributed by atoms with Crippen molar-refractivity contribution < 1.29 is 23.1 Å². The molecule has 0 aliphatic carbocycles. The first-order valence-corrected chi connectivity index (χ1v) is 5.50. The van der Waals surface area contributed by atoms with Crippen LogP contribution in [0.2, 0.25) is 0 Å². The van der Waals surface area contributed by atoms with E-state index in [1.165, 1.54) is 30.5 Å². The second kappa shape index (κ2) is 5.20. The van der Waals surface area contributed by atoms with Gasteiger partial charge in [0.15, 0.2) is 0 Å². The molecule has 1 heterocycles. The van der Waals surface area contributed by atoms with Crippen molar-refractivity contribution in [3.63, 3.8) is 0 Å². The number of anilines is 2. The third-order valence-electron chi connectivity index (χ3n) is 2.50. The lowest BCUT2D eigenvalue weighted by Crippen LogP contribution is -2.09. The molecule has 20 heavy (non-hydrogen) atoms. The summed E-state index contributed by atoms with van der Waals surface area (Å²) in [4.78, 5) is 14.6. The third kappa shape index (κ3) is 3.05. The molecule has 2 N–H and O–H groups in total. The fourth-order valence-electron chi connectivity index (χ4n) is 1.61. The van der Waals surface area contributed by atoms with Crippen LogP contribution in [0.25, 0.3) is 0 Å². The number of halogens is 3. The summed E-state index contributed by atoms with van der Waals surface area (Å²) < 4.78 is 38.4. The molecule has 0 spiro atoms. The lowest BCUT2D eigenvalue weighted by molar-refractivity contribution is -0.136. The average Bonchev–Trinajstić information content (AvgIpc) is 2.38. The van der Waals surface area contributed by atoms with E-state index in [0.717, 1.165) is 12.1 Å². The first kappa shape index (κ1) is 13.9. The highest BCUT2D eigenvalue weighted by Crippen LogP contribution is 2.35. The van der Waals surface area contributed by atoms with Crippen LogP contribution in [-0.2, 0) is 6.18 Å². The van der Waals surface area contributed by atoms with Crippen molar-refractivity contribution in [3.05, 3.63) is 53.7 Å². The first-order valence-electron chi connectivity index (χ1n) is 5.50. The van der Waals surface area contributed by atoms with Crippen molar-refractivity contribution in [2.75, 3.05) is 5.32 Å². The molecule has 0 aliphatic heterocycles. The van der Waals surface area contributed by atoms with E-state index in [2.05, 4.69) is 10.3 Å². The second-order valence-electron chi connectivity index (χ2n) is 3.90. The van der Waals surface area contributed by atoms with Crippen LogP contribution in [0.1, 0.15) is 15.9 Å². The molecule has 0 unspecified atom stereocenters. The zero-order valence-electron chi connectivity index (χ0n) is 9.98. The van der Waals surface area contributed by atoms with Crippen molar-refractivity contribution in [2.45, 2.75) is 6.18 Å². The largest absolute Gasteiger partial charge is 0.478 e. The molecule has 4 nitrogen and oxygen atoms in total. The predicted octanol–water partition coefficient (Wildman–Crippen LogP) is 3.54. The number of nitrogens with zero attached hydrogens (tertiary/aromatic N) is 1. The molecule has 0 bridgehead atoms. The molecule has 0 saturated heterocycles. The highest BCUT2D eigenvalue weighted by atomic mass is 19.4. The molecule has 0 amide bonds. The predicted molar refractivity (Wildman–Crippen MR) is 65.9 cm³/mol. The number of carbonyl (C=O) groups is 1. The Hall–Kier alpha value is -2.57. The maximum atomic E-state index is 12.8. The number of benzene rings is 1. The molecule has 0 saturated carbocycles. The second-order valence-corrected chi connectivity index (χ2v) is 3.90. The van der Waals surface area contributed by atoms with Crippen LogP contribution in [0.4, 0.5) is 24.7 Å². The molecule has 1 aromatic heterocycles. The van der Waals surface area contributed by atoms with Crippen molar-refractivity contribution in [1.29, 1.82) is 0 Å². The number of aromatic nitrogens is 1. The lowest BCUT2D eigenvalue weighted by Gasteiger charge is -2.13. The SMILES string of the molecule is O=C(O)c1ccnc(Nc2ccccc2C(F)(F)F)c1. The summed E-state index contributed by atoms with van der Waals surface area (Å²) in [6.45, 7) is 0. The number of pyridine rings is 1. The molecule has 104 valence electrons. The number of para-hydroxylation sites is 1. The van der Waals surface area contributed by atoms with E-state index in [9.17, 15) is 18.0 Å². The number of aromatic carboxylic acids is 1. The topological polar surface area (TPSA) is 62.2 Å². The summed E-state index contributed by atoms with van der Waals surface area (Å²) in [7, 11) is 0. The number of carboxylic acid groups (broad SMARTS) is 1. The zero-order valence-corrected chi connectivity index (χ0v) is 9.98. The Morgan fingerprint density at radius 1 is 1.20 bits per heavy atom. The van der Waals surface area contributed by atoms with E-state index >= 15 is 0 Å². The summed E-state index contributed by atoms with van der Waals surface area (Å²) >= 11 is 0. The molecule has 0 radical (unpaired) electrons. The quantitative estimate of drug-likeness (QED) is 0.903. The Morgan fingerprint density at radius 2 is 1.90 bits per heavy atom. The fraction of sp³-hybridized carbons (Fsp3) is 0.0769. The van der Waals surface area contributed by atoms with Gasteiger partial charge in [0.05, 0.1) is 16.8 Å². The standard InChI is InChI=1S/C13H9F3N2O2/c14-13(15,16)9-3-1-2-4-10(9)18-11-7-8(12(19)20)5-6-17-11/h1-7H,(H,17,18)(H,19,20). The Balaban J connectivity index is 2.36. The number of rotatable bonds is 3. The number of alkyl halides is 3. The minimum atomic E-state index is -4.51. The summed E-state index contributed by atoms with van der Waals surface area (Å²) in [6, 6.07) is 7.31. The molecular formula is C13H9F3N2O2. The third-order valence-corrected chi connectivity index (χ3v) is 2.50. The van der Waals surface area contributed by atoms with Crippen LogP contribution in [-0.4, -0.2) is 16.1 Å². The van der Waals surface area contributed by atoms with Gasteiger partial charge in [0.2, 0.25) is 0 Å². The minimum absolute atomic E-state index is 0.0293. The van der Waals surface area contributed by atoms with Crippen molar-refractivity contribution >= 4 is 17.5 Å². The number of nitrogens with one attached hydrogen (secondary N) is 1. The summed E-state index contributed by atoms with van der Waals surface area (Å²) in [5.74, 6) is -1.15. The highest BCUT2D eigenvalue weighted by molar-refractivity contribution is 5.88. The van der Waals surface area contributed by atoms with E-state index in [1.54, 1.807) is 0 Å². The Morgan fingerprint density at radius 3 is 2.55 bits per heavy atom. The number of carboxylic acids is 1. The molecular weight excluding hydrogens is 273 g/mol. The molecule has 1 aromatic carbocycles. The molecule has 2 aromatic rings. The maximum absolute atomic E-state index is 12.8. The van der Waals surface area contributed by atoms with Crippen molar-refractivity contribution in [2.24, 2.45) is 0 Å². The molecule has 0 atom stereocenters. The van der Waals surface area contributed by atoms with Gasteiger partial charge in [-0.2, -0.15) is 13.2 Å². The van der Waals surface area contributed by atoms with Gasteiger partial charge in [-0.05, 0) is 24.3 Å². The fourth-order valence-corrected chi connectivity index (χ4v) is 1.61. The average molecular weight is 282 g/mol. The van der Waals surface area contributed by atoms with Gasteiger partial charge >= 0.3 is 12.1 Å². The maximum Gasteiger partial charge on any atom is 0.418 e. The van der Waals surface area contributed by atoms with Crippen LogP contribution in [0, 0.1) is 0 Å². The highest BCUT2D eigenvalue weighted by Gasteiger charge is 2.33. The monoisotopic (exact) mass is 282 g/mol. The summed E-state index contributed by atoms with van der Waals surface area (Å²) in [5, 5.41) is 11.3. The van der Waals surface area contributed by atoms with Crippen LogP contribution in [0.3, 0.4) is 0 Å². The van der Waals surface area contributed by atoms with Gasteiger partial charge < -0.3 is 10.4 Å². The van der Waals surface area contributed by atoms with Crippen LogP contribution in [0.15, 0.2) is 42.6 Å². The Labute approximate surface area is 111 Å². The van der Waals surface area contributed by atoms with E-state index in [0.29, 0.717) is 0 Å². The van der Waals surface area contributed by atoms with E-state index in [-0.39, 0.29) is 17.1 Å². The molecule has 7 heteroatoms. The van der Waals surface area contributed by atoms with Crippen LogP contribution >= 0.6 is 0 Å². The van der Waals surface area contributed by atoms with Crippen molar-refractivity contribution in [1.82, 2.24) is 4.98 Å². The van der Waals surface area contributed by atoms with Crippen LogP contribution in [0.5, 0.6) is 0 Å². The smallest absolute Gasteiger partial charge is 0.418 e.